The van der Waals surface area contributed by atoms with Crippen LogP contribution in [0.15, 0.2) is 12.7 Å². The van der Waals surface area contributed by atoms with E-state index >= 15 is 0 Å². The minimum Gasteiger partial charge on any atom is -0.379 e. The van der Waals surface area contributed by atoms with Crippen LogP contribution < -0.4 is 5.32 Å². The Balaban J connectivity index is 2.37. The molecule has 0 spiro atoms. The van der Waals surface area contributed by atoms with Gasteiger partial charge in [-0.05, 0) is 25.9 Å². The molecule has 0 aliphatic carbocycles. The van der Waals surface area contributed by atoms with Crippen LogP contribution in [0, 0.1) is 5.92 Å². The molecule has 2 atom stereocenters. The SMILES string of the molecule is C=CCN(CCC)CC1COCC1NCCC. The second-order valence-corrected chi connectivity index (χ2v) is 4.91. The molecule has 1 aliphatic heterocycles. The van der Waals surface area contributed by atoms with Crippen molar-refractivity contribution in [3.8, 4) is 0 Å². The fourth-order valence-corrected chi connectivity index (χ4v) is 2.42. The second-order valence-electron chi connectivity index (χ2n) is 4.91. The van der Waals surface area contributed by atoms with Crippen LogP contribution in [0.5, 0.6) is 0 Å². The van der Waals surface area contributed by atoms with Crippen molar-refractivity contribution in [2.24, 2.45) is 5.92 Å². The summed E-state index contributed by atoms with van der Waals surface area (Å²) in [4.78, 5) is 2.48. The van der Waals surface area contributed by atoms with Crippen LogP contribution in [0.4, 0.5) is 0 Å². The van der Waals surface area contributed by atoms with E-state index in [1.165, 1.54) is 12.8 Å². The van der Waals surface area contributed by atoms with Gasteiger partial charge in [-0.2, -0.15) is 0 Å². The maximum absolute atomic E-state index is 5.61. The molecular weight excluding hydrogens is 212 g/mol. The monoisotopic (exact) mass is 240 g/mol. The summed E-state index contributed by atoms with van der Waals surface area (Å²) in [6.07, 6.45) is 4.39. The normalized spacial score (nSPS) is 24.4. The number of hydrogen-bond acceptors (Lipinski definition) is 3. The lowest BCUT2D eigenvalue weighted by Crippen LogP contribution is -2.42. The Morgan fingerprint density at radius 2 is 2.18 bits per heavy atom. The predicted octanol–water partition coefficient (Wildman–Crippen LogP) is 1.90. The molecule has 0 radical (unpaired) electrons. The fraction of sp³-hybridized carbons (Fsp3) is 0.857. The molecule has 0 saturated carbocycles. The van der Waals surface area contributed by atoms with Gasteiger partial charge in [0.25, 0.3) is 0 Å². The fourth-order valence-electron chi connectivity index (χ4n) is 2.42. The molecule has 0 aromatic heterocycles. The maximum atomic E-state index is 5.61. The number of rotatable bonds is 9. The summed E-state index contributed by atoms with van der Waals surface area (Å²) in [6.45, 7) is 14.4. The van der Waals surface area contributed by atoms with E-state index in [-0.39, 0.29) is 0 Å². The average molecular weight is 240 g/mol. The molecule has 1 rings (SSSR count). The van der Waals surface area contributed by atoms with Crippen molar-refractivity contribution in [3.05, 3.63) is 12.7 Å². The third kappa shape index (κ3) is 5.19. The van der Waals surface area contributed by atoms with Gasteiger partial charge >= 0.3 is 0 Å². The van der Waals surface area contributed by atoms with Crippen molar-refractivity contribution in [3.63, 3.8) is 0 Å². The van der Waals surface area contributed by atoms with Crippen molar-refractivity contribution in [2.45, 2.75) is 32.7 Å². The van der Waals surface area contributed by atoms with Crippen molar-refractivity contribution in [1.82, 2.24) is 10.2 Å². The minimum atomic E-state index is 0.541. The van der Waals surface area contributed by atoms with Gasteiger partial charge in [0.05, 0.1) is 13.2 Å². The van der Waals surface area contributed by atoms with Crippen molar-refractivity contribution in [1.29, 1.82) is 0 Å². The molecule has 1 aliphatic rings. The highest BCUT2D eigenvalue weighted by atomic mass is 16.5. The molecule has 1 saturated heterocycles. The first-order chi connectivity index (χ1) is 8.31. The maximum Gasteiger partial charge on any atom is 0.0623 e. The standard InChI is InChI=1S/C14H28N2O/c1-4-7-15-14-12-17-11-13(14)10-16(8-5-2)9-6-3/h5,13-15H,2,4,6-12H2,1,3H3. The number of nitrogens with one attached hydrogen (secondary N) is 1. The highest BCUT2D eigenvalue weighted by Gasteiger charge is 2.28. The predicted molar refractivity (Wildman–Crippen MR) is 73.3 cm³/mol. The van der Waals surface area contributed by atoms with Crippen LogP contribution in [0.3, 0.4) is 0 Å². The van der Waals surface area contributed by atoms with Crippen LogP contribution in [0.2, 0.25) is 0 Å². The van der Waals surface area contributed by atoms with Crippen molar-refractivity contribution >= 4 is 0 Å². The van der Waals surface area contributed by atoms with Gasteiger partial charge in [-0.1, -0.05) is 19.9 Å². The first-order valence-electron chi connectivity index (χ1n) is 6.96. The van der Waals surface area contributed by atoms with Gasteiger partial charge < -0.3 is 10.1 Å². The number of nitrogens with zero attached hydrogens (tertiary/aromatic N) is 1. The van der Waals surface area contributed by atoms with E-state index in [4.69, 9.17) is 4.74 Å². The summed E-state index contributed by atoms with van der Waals surface area (Å²) in [5.74, 6) is 0.632. The molecule has 2 unspecified atom stereocenters. The molecule has 0 bridgehead atoms. The summed E-state index contributed by atoms with van der Waals surface area (Å²) in [7, 11) is 0. The molecule has 3 heteroatoms. The van der Waals surface area contributed by atoms with Crippen LogP contribution >= 0.6 is 0 Å². The second kappa shape index (κ2) is 8.67. The van der Waals surface area contributed by atoms with Crippen LogP contribution in [-0.4, -0.2) is 50.3 Å². The molecule has 100 valence electrons. The van der Waals surface area contributed by atoms with Gasteiger partial charge in [-0.15, -0.1) is 6.58 Å². The quantitative estimate of drug-likeness (QED) is 0.623. The lowest BCUT2D eigenvalue weighted by atomic mass is 10.0. The molecule has 1 fully saturated rings. The first-order valence-corrected chi connectivity index (χ1v) is 6.96. The molecular formula is C14H28N2O. The van der Waals surface area contributed by atoms with E-state index < -0.39 is 0 Å². The number of ether oxygens (including phenoxy) is 1. The van der Waals surface area contributed by atoms with Crippen molar-refractivity contribution < 1.29 is 4.74 Å². The molecule has 0 aromatic carbocycles. The highest BCUT2D eigenvalue weighted by molar-refractivity contribution is 4.85. The van der Waals surface area contributed by atoms with E-state index in [1.807, 2.05) is 6.08 Å². The van der Waals surface area contributed by atoms with Crippen LogP contribution in [-0.2, 0) is 4.74 Å². The third-order valence-electron chi connectivity index (χ3n) is 3.27. The molecule has 1 heterocycles. The van der Waals surface area contributed by atoms with E-state index in [0.717, 1.165) is 39.4 Å². The zero-order chi connectivity index (χ0) is 12.5. The summed E-state index contributed by atoms with van der Waals surface area (Å²) in [5, 5.41) is 3.59. The lowest BCUT2D eigenvalue weighted by molar-refractivity contribution is 0.170. The van der Waals surface area contributed by atoms with E-state index in [1.54, 1.807) is 0 Å². The zero-order valence-electron chi connectivity index (χ0n) is 11.5. The van der Waals surface area contributed by atoms with E-state index in [2.05, 4.69) is 30.6 Å². The molecule has 1 N–H and O–H groups in total. The summed E-state index contributed by atoms with van der Waals surface area (Å²) in [6, 6.07) is 0.541. The van der Waals surface area contributed by atoms with E-state index in [0.29, 0.717) is 12.0 Å². The summed E-state index contributed by atoms with van der Waals surface area (Å²) in [5.41, 5.74) is 0. The van der Waals surface area contributed by atoms with Gasteiger partial charge in [0.2, 0.25) is 0 Å². The smallest absolute Gasteiger partial charge is 0.0623 e. The van der Waals surface area contributed by atoms with Crippen molar-refractivity contribution in [2.75, 3.05) is 39.4 Å². The van der Waals surface area contributed by atoms with Gasteiger partial charge in [0.1, 0.15) is 0 Å². The Morgan fingerprint density at radius 3 is 2.82 bits per heavy atom. The largest absolute Gasteiger partial charge is 0.379 e. The van der Waals surface area contributed by atoms with Crippen LogP contribution in [0.1, 0.15) is 26.7 Å². The number of hydrogen-bond donors (Lipinski definition) is 1. The molecule has 0 aromatic rings. The Labute approximate surface area is 106 Å². The Bertz CT molecular complexity index is 208. The molecule has 17 heavy (non-hydrogen) atoms. The van der Waals surface area contributed by atoms with Gasteiger partial charge in [-0.3, -0.25) is 4.90 Å². The Kier molecular flexibility index (Phi) is 7.49. The zero-order valence-corrected chi connectivity index (χ0v) is 11.5. The summed E-state index contributed by atoms with van der Waals surface area (Å²) < 4.78 is 5.61. The summed E-state index contributed by atoms with van der Waals surface area (Å²) >= 11 is 0. The van der Waals surface area contributed by atoms with Gasteiger partial charge in [0.15, 0.2) is 0 Å². The highest BCUT2D eigenvalue weighted by Crippen LogP contribution is 2.15. The van der Waals surface area contributed by atoms with Gasteiger partial charge in [0, 0.05) is 25.0 Å². The topological polar surface area (TPSA) is 24.5 Å². The molecule has 3 nitrogen and oxygen atoms in total. The molecule has 0 amide bonds. The lowest BCUT2D eigenvalue weighted by Gasteiger charge is -2.26. The van der Waals surface area contributed by atoms with Gasteiger partial charge in [-0.25, -0.2) is 0 Å². The Hall–Kier alpha value is -0.380. The average Bonchev–Trinajstić information content (AvgIpc) is 2.74. The minimum absolute atomic E-state index is 0.541. The Morgan fingerprint density at radius 1 is 1.35 bits per heavy atom. The van der Waals surface area contributed by atoms with E-state index in [9.17, 15) is 0 Å². The van der Waals surface area contributed by atoms with Crippen LogP contribution in [0.25, 0.3) is 0 Å². The third-order valence-corrected chi connectivity index (χ3v) is 3.27. The first kappa shape index (κ1) is 14.7.